The Morgan fingerprint density at radius 1 is 1.05 bits per heavy atom. The molecule has 0 aliphatic carbocycles. The molecule has 0 bridgehead atoms. The van der Waals surface area contributed by atoms with E-state index in [0.717, 1.165) is 47.7 Å². The van der Waals surface area contributed by atoms with Gasteiger partial charge >= 0.3 is 0 Å². The van der Waals surface area contributed by atoms with Crippen molar-refractivity contribution in [1.82, 2.24) is 9.97 Å². The fourth-order valence-corrected chi connectivity index (χ4v) is 3.07. The molecule has 0 fully saturated rings. The van der Waals surface area contributed by atoms with Crippen molar-refractivity contribution in [2.24, 2.45) is 0 Å². The smallest absolute Gasteiger partial charge is 0.138 e. The molecule has 2 aromatic heterocycles. The third-order valence-corrected chi connectivity index (χ3v) is 4.20. The van der Waals surface area contributed by atoms with Crippen LogP contribution in [-0.4, -0.2) is 16.5 Å². The van der Waals surface area contributed by atoms with Crippen molar-refractivity contribution in [1.29, 1.82) is 0 Å². The van der Waals surface area contributed by atoms with Crippen LogP contribution >= 0.6 is 11.3 Å². The number of aromatic nitrogens is 2. The monoisotopic (exact) mass is 297 g/mol. The third-order valence-electron chi connectivity index (χ3n) is 3.39. The minimum absolute atomic E-state index is 0.874. The predicted octanol–water partition coefficient (Wildman–Crippen LogP) is 4.30. The highest BCUT2D eigenvalue weighted by atomic mass is 32.1. The van der Waals surface area contributed by atoms with Crippen LogP contribution in [0.5, 0.6) is 0 Å². The molecule has 1 N–H and O–H groups in total. The first-order chi connectivity index (χ1) is 10.4. The Labute approximate surface area is 129 Å². The van der Waals surface area contributed by atoms with E-state index in [-0.39, 0.29) is 0 Å². The zero-order valence-electron chi connectivity index (χ0n) is 12.2. The average molecular weight is 297 g/mol. The molecule has 0 saturated heterocycles. The summed E-state index contributed by atoms with van der Waals surface area (Å²) in [5.74, 6) is 1.90. The molecule has 0 spiro atoms. The van der Waals surface area contributed by atoms with Crippen LogP contribution in [0, 0.1) is 0 Å². The second kappa shape index (κ2) is 6.68. The molecular formula is C17H19N3S. The number of hydrogen-bond donors (Lipinski definition) is 1. The molecule has 3 nitrogen and oxygen atoms in total. The molecule has 0 radical (unpaired) electrons. The molecule has 3 aromatic rings. The van der Waals surface area contributed by atoms with Gasteiger partial charge in [0.15, 0.2) is 0 Å². The zero-order chi connectivity index (χ0) is 14.5. The van der Waals surface area contributed by atoms with Crippen molar-refractivity contribution in [2.45, 2.75) is 26.2 Å². The molecule has 1 aromatic carbocycles. The van der Waals surface area contributed by atoms with E-state index < -0.39 is 0 Å². The molecule has 0 amide bonds. The van der Waals surface area contributed by atoms with Gasteiger partial charge in [0.05, 0.1) is 5.39 Å². The molecular weight excluding hydrogens is 278 g/mol. The first-order valence-electron chi connectivity index (χ1n) is 7.38. The number of fused-ring (bicyclic) bond motifs is 1. The van der Waals surface area contributed by atoms with E-state index >= 15 is 0 Å². The fourth-order valence-electron chi connectivity index (χ4n) is 2.29. The van der Waals surface area contributed by atoms with E-state index in [9.17, 15) is 0 Å². The highest BCUT2D eigenvalue weighted by Crippen LogP contribution is 2.25. The van der Waals surface area contributed by atoms with Gasteiger partial charge in [0.2, 0.25) is 0 Å². The Kier molecular flexibility index (Phi) is 4.46. The van der Waals surface area contributed by atoms with E-state index in [2.05, 4.69) is 52.9 Å². The van der Waals surface area contributed by atoms with Crippen molar-refractivity contribution in [3.05, 3.63) is 53.2 Å². The summed E-state index contributed by atoms with van der Waals surface area (Å²) in [6.45, 7) is 3.11. The first kappa shape index (κ1) is 14.0. The van der Waals surface area contributed by atoms with Crippen molar-refractivity contribution in [3.63, 3.8) is 0 Å². The Balaban J connectivity index is 1.81. The summed E-state index contributed by atoms with van der Waals surface area (Å²) in [5.41, 5.74) is 1.33. The van der Waals surface area contributed by atoms with Crippen molar-refractivity contribution < 1.29 is 0 Å². The summed E-state index contributed by atoms with van der Waals surface area (Å²) >= 11 is 1.68. The van der Waals surface area contributed by atoms with Gasteiger partial charge in [0.1, 0.15) is 16.5 Å². The largest absolute Gasteiger partial charge is 0.369 e. The lowest BCUT2D eigenvalue weighted by molar-refractivity contribution is 0.867. The Hall–Kier alpha value is -1.94. The summed E-state index contributed by atoms with van der Waals surface area (Å²) in [5, 5.41) is 6.63. The summed E-state index contributed by atoms with van der Waals surface area (Å²) in [6.07, 6.45) is 2.94. The highest BCUT2D eigenvalue weighted by molar-refractivity contribution is 7.16. The average Bonchev–Trinajstić information content (AvgIpc) is 3.00. The molecule has 21 heavy (non-hydrogen) atoms. The lowest BCUT2D eigenvalue weighted by Crippen LogP contribution is -2.06. The van der Waals surface area contributed by atoms with Gasteiger partial charge in [-0.15, -0.1) is 11.3 Å². The minimum Gasteiger partial charge on any atom is -0.369 e. The SMILES string of the molecule is CCCNc1nc(CCc2ccccc2)nc2sccc12. The molecule has 108 valence electrons. The summed E-state index contributed by atoms with van der Waals surface area (Å²) in [6, 6.07) is 12.6. The van der Waals surface area contributed by atoms with Crippen molar-refractivity contribution in [3.8, 4) is 0 Å². The Morgan fingerprint density at radius 2 is 1.90 bits per heavy atom. The molecule has 0 aliphatic rings. The van der Waals surface area contributed by atoms with E-state index in [1.807, 2.05) is 6.07 Å². The molecule has 0 aliphatic heterocycles. The van der Waals surface area contributed by atoms with Gasteiger partial charge in [-0.3, -0.25) is 0 Å². The molecule has 0 saturated carbocycles. The Bertz CT molecular complexity index is 706. The third kappa shape index (κ3) is 3.39. The van der Waals surface area contributed by atoms with Gasteiger partial charge in [-0.2, -0.15) is 0 Å². The quantitative estimate of drug-likeness (QED) is 0.737. The van der Waals surface area contributed by atoms with Crippen LogP contribution in [0.25, 0.3) is 10.2 Å². The second-order valence-electron chi connectivity index (χ2n) is 5.04. The first-order valence-corrected chi connectivity index (χ1v) is 8.26. The number of aryl methyl sites for hydroxylation is 2. The van der Waals surface area contributed by atoms with Gasteiger partial charge in [0, 0.05) is 13.0 Å². The van der Waals surface area contributed by atoms with Gasteiger partial charge in [-0.1, -0.05) is 37.3 Å². The van der Waals surface area contributed by atoms with Crippen molar-refractivity contribution in [2.75, 3.05) is 11.9 Å². The van der Waals surface area contributed by atoms with Crippen LogP contribution in [0.15, 0.2) is 41.8 Å². The van der Waals surface area contributed by atoms with Crippen LogP contribution in [0.2, 0.25) is 0 Å². The summed E-state index contributed by atoms with van der Waals surface area (Å²) < 4.78 is 0. The number of nitrogens with zero attached hydrogens (tertiary/aromatic N) is 2. The molecule has 0 atom stereocenters. The van der Waals surface area contributed by atoms with E-state index in [0.29, 0.717) is 0 Å². The van der Waals surface area contributed by atoms with E-state index in [1.54, 1.807) is 11.3 Å². The highest BCUT2D eigenvalue weighted by Gasteiger charge is 2.08. The fraction of sp³-hybridized carbons (Fsp3) is 0.294. The number of benzene rings is 1. The van der Waals surface area contributed by atoms with Crippen LogP contribution in [0.4, 0.5) is 5.82 Å². The number of anilines is 1. The summed E-state index contributed by atoms with van der Waals surface area (Å²) in [4.78, 5) is 10.5. The predicted molar refractivity (Wildman–Crippen MR) is 90.0 cm³/mol. The van der Waals surface area contributed by atoms with Crippen LogP contribution in [0.3, 0.4) is 0 Å². The van der Waals surface area contributed by atoms with E-state index in [4.69, 9.17) is 4.98 Å². The molecule has 4 heteroatoms. The van der Waals surface area contributed by atoms with Crippen molar-refractivity contribution >= 4 is 27.4 Å². The maximum Gasteiger partial charge on any atom is 0.138 e. The van der Waals surface area contributed by atoms with Gasteiger partial charge in [-0.05, 0) is 29.9 Å². The zero-order valence-corrected chi connectivity index (χ0v) is 13.0. The lowest BCUT2D eigenvalue weighted by Gasteiger charge is -2.08. The van der Waals surface area contributed by atoms with Crippen LogP contribution in [-0.2, 0) is 12.8 Å². The summed E-state index contributed by atoms with van der Waals surface area (Å²) in [7, 11) is 0. The topological polar surface area (TPSA) is 37.8 Å². The number of thiophene rings is 1. The normalized spacial score (nSPS) is 10.9. The van der Waals surface area contributed by atoms with Crippen LogP contribution in [0.1, 0.15) is 24.7 Å². The number of hydrogen-bond acceptors (Lipinski definition) is 4. The standard InChI is InChI=1S/C17H19N3S/c1-2-11-18-16-14-10-12-21-17(14)20-15(19-16)9-8-13-6-4-3-5-7-13/h3-7,10,12H,2,8-9,11H2,1H3,(H,18,19,20). The number of nitrogens with one attached hydrogen (secondary N) is 1. The Morgan fingerprint density at radius 3 is 2.71 bits per heavy atom. The number of rotatable bonds is 6. The molecule has 0 unspecified atom stereocenters. The lowest BCUT2D eigenvalue weighted by atomic mass is 10.1. The van der Waals surface area contributed by atoms with Crippen LogP contribution < -0.4 is 5.32 Å². The maximum atomic E-state index is 4.71. The van der Waals surface area contributed by atoms with Gasteiger partial charge in [-0.25, -0.2) is 9.97 Å². The van der Waals surface area contributed by atoms with Gasteiger partial charge < -0.3 is 5.32 Å². The minimum atomic E-state index is 0.874. The molecule has 3 rings (SSSR count). The van der Waals surface area contributed by atoms with Gasteiger partial charge in [0.25, 0.3) is 0 Å². The molecule has 2 heterocycles. The second-order valence-corrected chi connectivity index (χ2v) is 5.93. The van der Waals surface area contributed by atoms with E-state index in [1.165, 1.54) is 5.56 Å². The maximum absolute atomic E-state index is 4.71.